The van der Waals surface area contributed by atoms with Crippen molar-refractivity contribution in [3.8, 4) is 0 Å². The number of urea groups is 1. The number of aliphatic carboxylic acids is 1. The lowest BCUT2D eigenvalue weighted by molar-refractivity contribution is -0.139. The number of carbonyl (C=O) groups is 2. The highest BCUT2D eigenvalue weighted by atomic mass is 32.2. The van der Waals surface area contributed by atoms with Gasteiger partial charge in [0.2, 0.25) is 0 Å². The van der Waals surface area contributed by atoms with Gasteiger partial charge >= 0.3 is 12.0 Å². The Labute approximate surface area is 116 Å². The SMILES string of the molecule is CCCCC(NC(=O)NC(C)CCS(C)=O)C(=O)O. The van der Waals surface area contributed by atoms with E-state index in [-0.39, 0.29) is 6.04 Å². The van der Waals surface area contributed by atoms with Gasteiger partial charge in [-0.25, -0.2) is 9.59 Å². The molecule has 0 saturated carbocycles. The largest absolute Gasteiger partial charge is 0.480 e. The van der Waals surface area contributed by atoms with E-state index < -0.39 is 28.8 Å². The summed E-state index contributed by atoms with van der Waals surface area (Å²) in [5.41, 5.74) is 0. The lowest BCUT2D eigenvalue weighted by Gasteiger charge is -2.18. The fourth-order valence-electron chi connectivity index (χ4n) is 1.50. The Hall–Kier alpha value is -1.11. The van der Waals surface area contributed by atoms with Crippen LogP contribution in [0, 0.1) is 0 Å². The zero-order valence-corrected chi connectivity index (χ0v) is 12.6. The number of unbranched alkanes of at least 4 members (excludes halogenated alkanes) is 1. The van der Waals surface area contributed by atoms with Crippen molar-refractivity contribution < 1.29 is 18.9 Å². The molecule has 0 heterocycles. The van der Waals surface area contributed by atoms with Gasteiger partial charge in [0.05, 0.1) is 0 Å². The predicted octanol–water partition coefficient (Wildman–Crippen LogP) is 1.09. The van der Waals surface area contributed by atoms with Crippen LogP contribution < -0.4 is 10.6 Å². The molecule has 0 fully saturated rings. The van der Waals surface area contributed by atoms with Crippen molar-refractivity contribution in [2.24, 2.45) is 0 Å². The summed E-state index contributed by atoms with van der Waals surface area (Å²) in [6.07, 6.45) is 4.27. The molecule has 7 heteroatoms. The summed E-state index contributed by atoms with van der Waals surface area (Å²) in [5.74, 6) is -0.509. The normalized spacial score (nSPS) is 15.3. The van der Waals surface area contributed by atoms with E-state index >= 15 is 0 Å². The maximum Gasteiger partial charge on any atom is 0.326 e. The standard InChI is InChI=1S/C12H24N2O4S/c1-4-5-6-10(11(15)16)14-12(17)13-9(2)7-8-19(3)18/h9-10H,4-8H2,1-3H3,(H,15,16)(H2,13,14,17). The van der Waals surface area contributed by atoms with Crippen LogP contribution in [0.5, 0.6) is 0 Å². The van der Waals surface area contributed by atoms with Crippen molar-refractivity contribution in [1.29, 1.82) is 0 Å². The van der Waals surface area contributed by atoms with Gasteiger partial charge in [-0.15, -0.1) is 0 Å². The van der Waals surface area contributed by atoms with Crippen LogP contribution in [-0.2, 0) is 15.6 Å². The number of carboxylic acid groups (broad SMARTS) is 1. The molecule has 0 aromatic carbocycles. The summed E-state index contributed by atoms with van der Waals surface area (Å²) < 4.78 is 10.9. The molecule has 0 aliphatic carbocycles. The van der Waals surface area contributed by atoms with Crippen molar-refractivity contribution in [2.75, 3.05) is 12.0 Å². The van der Waals surface area contributed by atoms with Gasteiger partial charge in [-0.1, -0.05) is 19.8 Å². The number of hydrogen-bond donors (Lipinski definition) is 3. The van der Waals surface area contributed by atoms with Gasteiger partial charge in [0.1, 0.15) is 6.04 Å². The third kappa shape index (κ3) is 9.47. The van der Waals surface area contributed by atoms with Crippen LogP contribution in [0.2, 0.25) is 0 Å². The second-order valence-corrected chi connectivity index (χ2v) is 6.17. The van der Waals surface area contributed by atoms with E-state index in [4.69, 9.17) is 5.11 Å². The topological polar surface area (TPSA) is 95.5 Å². The molecule has 112 valence electrons. The summed E-state index contributed by atoms with van der Waals surface area (Å²) in [4.78, 5) is 22.6. The monoisotopic (exact) mass is 292 g/mol. The molecule has 19 heavy (non-hydrogen) atoms. The van der Waals surface area contributed by atoms with Crippen molar-refractivity contribution in [1.82, 2.24) is 10.6 Å². The summed E-state index contributed by atoms with van der Waals surface area (Å²) in [6, 6.07) is -1.48. The van der Waals surface area contributed by atoms with Gasteiger partial charge in [0, 0.05) is 28.9 Å². The molecule has 0 aliphatic heterocycles. The Morgan fingerprint density at radius 3 is 2.37 bits per heavy atom. The third-order valence-electron chi connectivity index (χ3n) is 2.67. The number of carbonyl (C=O) groups excluding carboxylic acids is 1. The molecule has 6 nitrogen and oxygen atoms in total. The molecule has 0 aromatic rings. The van der Waals surface area contributed by atoms with E-state index in [9.17, 15) is 13.8 Å². The Bertz CT molecular complexity index is 323. The molecular formula is C12H24N2O4S. The highest BCUT2D eigenvalue weighted by Gasteiger charge is 2.19. The van der Waals surface area contributed by atoms with Crippen LogP contribution in [0.15, 0.2) is 0 Å². The summed E-state index contributed by atoms with van der Waals surface area (Å²) in [6.45, 7) is 3.76. The van der Waals surface area contributed by atoms with Crippen molar-refractivity contribution in [3.05, 3.63) is 0 Å². The van der Waals surface area contributed by atoms with Gasteiger partial charge in [-0.2, -0.15) is 0 Å². The second kappa shape index (κ2) is 9.77. The molecule has 0 spiro atoms. The molecule has 3 N–H and O–H groups in total. The maximum absolute atomic E-state index is 11.6. The minimum atomic E-state index is -1.02. The van der Waals surface area contributed by atoms with Crippen LogP contribution >= 0.6 is 0 Å². The third-order valence-corrected chi connectivity index (χ3v) is 3.48. The summed E-state index contributed by atoms with van der Waals surface area (Å²) in [7, 11) is -0.889. The Balaban J connectivity index is 4.10. The van der Waals surface area contributed by atoms with Gasteiger partial charge in [0.15, 0.2) is 0 Å². The lowest BCUT2D eigenvalue weighted by atomic mass is 10.1. The minimum Gasteiger partial charge on any atom is -0.480 e. The first-order chi connectivity index (χ1) is 8.86. The molecule has 0 radical (unpaired) electrons. The molecule has 0 aromatic heterocycles. The van der Waals surface area contributed by atoms with E-state index in [0.717, 1.165) is 12.8 Å². The molecule has 2 amide bonds. The zero-order chi connectivity index (χ0) is 14.8. The smallest absolute Gasteiger partial charge is 0.326 e. The van der Waals surface area contributed by atoms with Crippen LogP contribution in [0.4, 0.5) is 4.79 Å². The lowest BCUT2D eigenvalue weighted by Crippen LogP contribution is -2.48. The molecular weight excluding hydrogens is 268 g/mol. The average Bonchev–Trinajstić information content (AvgIpc) is 2.31. The Kier molecular flexibility index (Phi) is 9.20. The Morgan fingerprint density at radius 2 is 1.89 bits per heavy atom. The van der Waals surface area contributed by atoms with Gasteiger partial charge in [-0.3, -0.25) is 4.21 Å². The van der Waals surface area contributed by atoms with Gasteiger partial charge in [-0.05, 0) is 19.8 Å². The first-order valence-electron chi connectivity index (χ1n) is 6.46. The Morgan fingerprint density at radius 1 is 1.26 bits per heavy atom. The van der Waals surface area contributed by atoms with E-state index in [1.807, 2.05) is 6.92 Å². The van der Waals surface area contributed by atoms with Crippen LogP contribution in [0.1, 0.15) is 39.5 Å². The molecule has 0 aliphatic rings. The van der Waals surface area contributed by atoms with Crippen LogP contribution in [0.3, 0.4) is 0 Å². The zero-order valence-electron chi connectivity index (χ0n) is 11.8. The van der Waals surface area contributed by atoms with Gasteiger partial charge < -0.3 is 15.7 Å². The molecule has 0 bridgehead atoms. The van der Waals surface area contributed by atoms with E-state index in [1.54, 1.807) is 13.2 Å². The first kappa shape index (κ1) is 17.9. The minimum absolute atomic E-state index is 0.135. The molecule has 0 rings (SSSR count). The number of carboxylic acids is 1. The maximum atomic E-state index is 11.6. The molecule has 3 atom stereocenters. The predicted molar refractivity (Wildman–Crippen MR) is 75.6 cm³/mol. The summed E-state index contributed by atoms with van der Waals surface area (Å²) in [5, 5.41) is 14.1. The number of nitrogens with one attached hydrogen (secondary N) is 2. The fraction of sp³-hybridized carbons (Fsp3) is 0.833. The first-order valence-corrected chi connectivity index (χ1v) is 8.19. The van der Waals surface area contributed by atoms with Crippen LogP contribution in [-0.4, -0.2) is 45.4 Å². The molecule has 0 saturated heterocycles. The van der Waals surface area contributed by atoms with Crippen LogP contribution in [0.25, 0.3) is 0 Å². The molecule has 3 unspecified atom stereocenters. The van der Waals surface area contributed by atoms with E-state index in [1.165, 1.54) is 0 Å². The van der Waals surface area contributed by atoms with Crippen molar-refractivity contribution in [3.63, 3.8) is 0 Å². The van der Waals surface area contributed by atoms with Gasteiger partial charge in [0.25, 0.3) is 0 Å². The van der Waals surface area contributed by atoms with Crippen molar-refractivity contribution in [2.45, 2.75) is 51.6 Å². The quantitative estimate of drug-likeness (QED) is 0.592. The number of hydrogen-bond acceptors (Lipinski definition) is 3. The number of amides is 2. The highest BCUT2D eigenvalue weighted by Crippen LogP contribution is 2.01. The number of rotatable bonds is 9. The highest BCUT2D eigenvalue weighted by molar-refractivity contribution is 7.84. The van der Waals surface area contributed by atoms with E-state index in [2.05, 4.69) is 10.6 Å². The fourth-order valence-corrected chi connectivity index (χ4v) is 2.19. The second-order valence-electron chi connectivity index (χ2n) is 4.62. The van der Waals surface area contributed by atoms with E-state index in [0.29, 0.717) is 18.6 Å². The van der Waals surface area contributed by atoms with Crippen molar-refractivity contribution >= 4 is 22.8 Å². The average molecular weight is 292 g/mol. The summed E-state index contributed by atoms with van der Waals surface area (Å²) >= 11 is 0.